The van der Waals surface area contributed by atoms with Crippen molar-refractivity contribution in [3.63, 3.8) is 0 Å². The number of β-amino-alcohol motifs (C(OH)–C–C–N with tert-alkyl or cyclic N) is 1. The number of aliphatic hydroxyl groups excluding tert-OH is 1. The Hall–Kier alpha value is -4.62. The SMILES string of the molecule is CCc1cc(Nc2nccn3c(-c4ccc(OC)c(F)c4F)cnc23)ccc1C(=O)N[C@H]1CCC[C@H]1NC(=O)C1CC(O)CN1. The highest BCUT2D eigenvalue weighted by molar-refractivity contribution is 5.96. The van der Waals surface area contributed by atoms with Crippen LogP contribution in [0.3, 0.4) is 0 Å². The molecule has 2 unspecified atom stereocenters. The summed E-state index contributed by atoms with van der Waals surface area (Å²) in [6.45, 7) is 2.35. The number of carbonyl (C=O) groups excluding carboxylic acids is 2. The molecule has 236 valence electrons. The number of imidazole rings is 1. The van der Waals surface area contributed by atoms with Crippen LogP contribution in [0.15, 0.2) is 48.9 Å². The van der Waals surface area contributed by atoms with Gasteiger partial charge < -0.3 is 31.1 Å². The summed E-state index contributed by atoms with van der Waals surface area (Å²) in [6.07, 6.45) is 7.44. The predicted molar refractivity (Wildman–Crippen MR) is 163 cm³/mol. The summed E-state index contributed by atoms with van der Waals surface area (Å²) in [6, 6.07) is 7.38. The first-order valence-electron chi connectivity index (χ1n) is 15.0. The molecule has 2 fully saturated rings. The van der Waals surface area contributed by atoms with E-state index in [1.54, 1.807) is 22.7 Å². The highest BCUT2D eigenvalue weighted by atomic mass is 19.2. The Balaban J connectivity index is 1.17. The van der Waals surface area contributed by atoms with Gasteiger partial charge in [-0.05, 0) is 68.0 Å². The van der Waals surface area contributed by atoms with Crippen molar-refractivity contribution >= 4 is 29.0 Å². The zero-order valence-corrected chi connectivity index (χ0v) is 24.9. The Morgan fingerprint density at radius 1 is 1.11 bits per heavy atom. The van der Waals surface area contributed by atoms with Crippen LogP contribution in [-0.2, 0) is 11.2 Å². The summed E-state index contributed by atoms with van der Waals surface area (Å²) in [4.78, 5) is 34.9. The maximum absolute atomic E-state index is 14.9. The van der Waals surface area contributed by atoms with E-state index in [1.807, 2.05) is 13.0 Å². The monoisotopic (exact) mass is 619 g/mol. The van der Waals surface area contributed by atoms with E-state index in [2.05, 4.69) is 31.2 Å². The Labute approximate surface area is 258 Å². The number of carbonyl (C=O) groups is 2. The molecule has 2 aliphatic rings. The van der Waals surface area contributed by atoms with Crippen LogP contribution < -0.4 is 26.0 Å². The minimum atomic E-state index is -1.08. The van der Waals surface area contributed by atoms with E-state index >= 15 is 0 Å². The van der Waals surface area contributed by atoms with Crippen LogP contribution in [0.4, 0.5) is 20.3 Å². The Morgan fingerprint density at radius 2 is 1.91 bits per heavy atom. The van der Waals surface area contributed by atoms with Crippen molar-refractivity contribution in [1.29, 1.82) is 0 Å². The highest BCUT2D eigenvalue weighted by Gasteiger charge is 2.34. The van der Waals surface area contributed by atoms with E-state index in [0.29, 0.717) is 47.8 Å². The van der Waals surface area contributed by atoms with Gasteiger partial charge in [-0.3, -0.25) is 14.0 Å². The van der Waals surface area contributed by atoms with Gasteiger partial charge in [-0.15, -0.1) is 0 Å². The zero-order valence-electron chi connectivity index (χ0n) is 24.9. The van der Waals surface area contributed by atoms with E-state index in [-0.39, 0.29) is 35.2 Å². The predicted octanol–water partition coefficient (Wildman–Crippen LogP) is 3.48. The quantitative estimate of drug-likeness (QED) is 0.192. The lowest BCUT2D eigenvalue weighted by Gasteiger charge is -2.24. The number of halogens is 2. The lowest BCUT2D eigenvalue weighted by Crippen LogP contribution is -2.52. The van der Waals surface area contributed by atoms with Crippen LogP contribution in [-0.4, -0.2) is 69.2 Å². The molecule has 5 N–H and O–H groups in total. The van der Waals surface area contributed by atoms with E-state index in [1.165, 1.54) is 31.6 Å². The van der Waals surface area contributed by atoms with E-state index in [9.17, 15) is 23.5 Å². The van der Waals surface area contributed by atoms with Gasteiger partial charge in [-0.25, -0.2) is 14.4 Å². The second-order valence-electron chi connectivity index (χ2n) is 11.4. The van der Waals surface area contributed by atoms with Crippen molar-refractivity contribution in [3.8, 4) is 17.0 Å². The molecule has 2 aromatic carbocycles. The van der Waals surface area contributed by atoms with E-state index < -0.39 is 23.8 Å². The van der Waals surface area contributed by atoms with Gasteiger partial charge in [-0.2, -0.15) is 4.39 Å². The van der Waals surface area contributed by atoms with Crippen LogP contribution >= 0.6 is 0 Å². The van der Waals surface area contributed by atoms with Gasteiger partial charge in [0.05, 0.1) is 31.1 Å². The molecule has 4 atom stereocenters. The average molecular weight is 620 g/mol. The van der Waals surface area contributed by atoms with Gasteiger partial charge >= 0.3 is 0 Å². The molecule has 0 bridgehead atoms. The second kappa shape index (κ2) is 12.8. The number of methoxy groups -OCH3 is 1. The van der Waals surface area contributed by atoms with Crippen molar-refractivity contribution in [2.45, 2.75) is 63.3 Å². The third-order valence-corrected chi connectivity index (χ3v) is 8.55. The van der Waals surface area contributed by atoms with E-state index in [0.717, 1.165) is 24.8 Å². The summed E-state index contributed by atoms with van der Waals surface area (Å²) >= 11 is 0. The number of benzene rings is 2. The van der Waals surface area contributed by atoms with Gasteiger partial charge in [0.2, 0.25) is 11.7 Å². The van der Waals surface area contributed by atoms with Crippen LogP contribution in [0, 0.1) is 11.6 Å². The topological polar surface area (TPSA) is 142 Å². The van der Waals surface area contributed by atoms with Crippen molar-refractivity contribution in [3.05, 3.63) is 71.7 Å². The number of aryl methyl sites for hydroxylation is 1. The third kappa shape index (κ3) is 6.05. The molecular formula is C32H35F2N7O4. The smallest absolute Gasteiger partial charge is 0.251 e. The van der Waals surface area contributed by atoms with Crippen LogP contribution in [0.1, 0.15) is 48.5 Å². The first-order valence-corrected chi connectivity index (χ1v) is 15.0. The zero-order chi connectivity index (χ0) is 31.7. The number of anilines is 2. The maximum Gasteiger partial charge on any atom is 0.251 e. The van der Waals surface area contributed by atoms with Gasteiger partial charge in [0.1, 0.15) is 0 Å². The maximum atomic E-state index is 14.9. The first kappa shape index (κ1) is 30.4. The Morgan fingerprint density at radius 3 is 2.64 bits per heavy atom. The molecule has 1 aliphatic carbocycles. The molecule has 2 aromatic heterocycles. The molecule has 1 aliphatic heterocycles. The number of fused-ring (bicyclic) bond motifs is 1. The fourth-order valence-corrected chi connectivity index (χ4v) is 6.17. The molecule has 45 heavy (non-hydrogen) atoms. The van der Waals surface area contributed by atoms with Crippen molar-refractivity contribution in [2.75, 3.05) is 19.0 Å². The minimum Gasteiger partial charge on any atom is -0.494 e. The summed E-state index contributed by atoms with van der Waals surface area (Å²) in [5, 5.41) is 22.2. The van der Waals surface area contributed by atoms with E-state index in [4.69, 9.17) is 4.74 Å². The fraction of sp³-hybridized carbons (Fsp3) is 0.375. The molecule has 13 heteroatoms. The Kier molecular flexibility index (Phi) is 8.63. The molecule has 11 nitrogen and oxygen atoms in total. The summed E-state index contributed by atoms with van der Waals surface area (Å²) in [5.41, 5.74) is 2.79. The summed E-state index contributed by atoms with van der Waals surface area (Å²) in [7, 11) is 1.27. The third-order valence-electron chi connectivity index (χ3n) is 8.55. The Bertz CT molecular complexity index is 1750. The number of hydrogen-bond donors (Lipinski definition) is 5. The van der Waals surface area contributed by atoms with Crippen molar-refractivity contribution in [1.82, 2.24) is 30.3 Å². The molecule has 3 heterocycles. The van der Waals surface area contributed by atoms with Crippen molar-refractivity contribution < 1.29 is 28.2 Å². The standard InChI is InChI=1S/C32H35F2N7O4/c1-3-17-13-18(7-8-20(17)31(43)39-22-5-4-6-23(22)40-32(44)24-14-19(42)15-36-24)38-29-30-37-16-25(41(30)12-11-35-29)21-9-10-26(45-2)28(34)27(21)33/h7-13,16,19,22-24,36,42H,3-6,14-15H2,1-2H3,(H,35,38)(H,39,43)(H,40,44)/t19?,22-,23+,24?/m0/s1. The molecule has 0 radical (unpaired) electrons. The normalized spacial score (nSPS) is 21.2. The summed E-state index contributed by atoms with van der Waals surface area (Å²) < 4.78 is 35.8. The number of hydrogen-bond acceptors (Lipinski definition) is 8. The lowest BCUT2D eigenvalue weighted by atomic mass is 10.0. The number of nitrogens with one attached hydrogen (secondary N) is 4. The van der Waals surface area contributed by atoms with Crippen LogP contribution in [0.5, 0.6) is 5.75 Å². The molecule has 1 saturated heterocycles. The number of aliphatic hydroxyl groups is 1. The van der Waals surface area contributed by atoms with Gasteiger partial charge in [0.15, 0.2) is 23.0 Å². The highest BCUT2D eigenvalue weighted by Crippen LogP contribution is 2.32. The first-order chi connectivity index (χ1) is 21.8. The number of ether oxygens (including phenoxy) is 1. The van der Waals surface area contributed by atoms with Crippen molar-refractivity contribution in [2.24, 2.45) is 0 Å². The van der Waals surface area contributed by atoms with Gasteiger partial charge in [0.25, 0.3) is 5.91 Å². The molecular weight excluding hydrogens is 584 g/mol. The summed E-state index contributed by atoms with van der Waals surface area (Å²) in [5.74, 6) is -2.29. The minimum absolute atomic E-state index is 0.0275. The van der Waals surface area contributed by atoms with Crippen LogP contribution in [0.2, 0.25) is 0 Å². The molecule has 4 aromatic rings. The fourth-order valence-electron chi connectivity index (χ4n) is 6.17. The number of aromatic nitrogens is 3. The average Bonchev–Trinajstić information content (AvgIpc) is 3.79. The second-order valence-corrected chi connectivity index (χ2v) is 11.4. The number of rotatable bonds is 9. The molecule has 6 rings (SSSR count). The van der Waals surface area contributed by atoms with Gasteiger partial charge in [0, 0.05) is 47.8 Å². The molecule has 0 spiro atoms. The molecule has 1 saturated carbocycles. The van der Waals surface area contributed by atoms with Crippen LogP contribution in [0.25, 0.3) is 16.9 Å². The lowest BCUT2D eigenvalue weighted by molar-refractivity contribution is -0.123. The largest absolute Gasteiger partial charge is 0.494 e. The number of nitrogens with zero attached hydrogens (tertiary/aromatic N) is 3. The molecule has 2 amide bonds. The number of amides is 2. The van der Waals surface area contributed by atoms with Gasteiger partial charge in [-0.1, -0.05) is 6.92 Å².